The minimum atomic E-state index is 0.354. The van der Waals surface area contributed by atoms with Crippen LogP contribution in [0, 0.1) is 11.8 Å². The first kappa shape index (κ1) is 9.78. The van der Waals surface area contributed by atoms with E-state index in [1.54, 1.807) is 6.08 Å². The van der Waals surface area contributed by atoms with Gasteiger partial charge in [-0.1, -0.05) is 19.2 Å². The molecule has 0 amide bonds. The van der Waals surface area contributed by atoms with Crippen molar-refractivity contribution in [3.63, 3.8) is 0 Å². The summed E-state index contributed by atoms with van der Waals surface area (Å²) in [6.45, 7) is 10.3. The van der Waals surface area contributed by atoms with E-state index in [0.717, 1.165) is 5.76 Å². The van der Waals surface area contributed by atoms with Gasteiger partial charge in [0.2, 0.25) is 0 Å². The summed E-state index contributed by atoms with van der Waals surface area (Å²) in [5.41, 5.74) is 0. The van der Waals surface area contributed by atoms with E-state index in [0.29, 0.717) is 30.7 Å². The number of rotatable bonds is 4. The summed E-state index contributed by atoms with van der Waals surface area (Å²) < 4.78 is 11.3. The second-order valence-corrected chi connectivity index (χ2v) is 4.28. The van der Waals surface area contributed by atoms with Crippen LogP contribution in [0.5, 0.6) is 0 Å². The zero-order chi connectivity index (χ0) is 10.1. The van der Waals surface area contributed by atoms with Gasteiger partial charge in [-0.25, -0.2) is 0 Å². The molecular formula is C12H18O2. The van der Waals surface area contributed by atoms with Gasteiger partial charge in [-0.2, -0.15) is 0 Å². The van der Waals surface area contributed by atoms with Crippen molar-refractivity contribution in [3.05, 3.63) is 25.0 Å². The normalized spacial score (nSPS) is 39.8. The van der Waals surface area contributed by atoms with Gasteiger partial charge in [0.15, 0.2) is 0 Å². The van der Waals surface area contributed by atoms with E-state index in [9.17, 15) is 0 Å². The Morgan fingerprint density at radius 1 is 1.57 bits per heavy atom. The summed E-state index contributed by atoms with van der Waals surface area (Å²) in [6.07, 6.45) is 4.90. The van der Waals surface area contributed by atoms with Crippen molar-refractivity contribution in [2.75, 3.05) is 6.61 Å². The molecule has 14 heavy (non-hydrogen) atoms. The van der Waals surface area contributed by atoms with Crippen LogP contribution < -0.4 is 0 Å². The van der Waals surface area contributed by atoms with Crippen LogP contribution >= 0.6 is 0 Å². The average molecular weight is 194 g/mol. The summed E-state index contributed by atoms with van der Waals surface area (Å²) in [7, 11) is 0. The lowest BCUT2D eigenvalue weighted by Gasteiger charge is -2.27. The minimum Gasteiger partial charge on any atom is -0.494 e. The first-order valence-electron chi connectivity index (χ1n) is 5.30. The van der Waals surface area contributed by atoms with E-state index < -0.39 is 0 Å². The molecule has 2 bridgehead atoms. The number of hydrogen-bond donors (Lipinski definition) is 0. The maximum Gasteiger partial charge on any atom is 0.106 e. The van der Waals surface area contributed by atoms with Crippen molar-refractivity contribution in [2.45, 2.75) is 32.0 Å². The summed E-state index contributed by atoms with van der Waals surface area (Å²) >= 11 is 0. The summed E-state index contributed by atoms with van der Waals surface area (Å²) in [5, 5.41) is 0. The van der Waals surface area contributed by atoms with Crippen LogP contribution in [0.25, 0.3) is 0 Å². The zero-order valence-corrected chi connectivity index (χ0v) is 8.74. The van der Waals surface area contributed by atoms with Gasteiger partial charge in [-0.05, 0) is 25.7 Å². The number of hydrogen-bond acceptors (Lipinski definition) is 2. The van der Waals surface area contributed by atoms with Crippen molar-refractivity contribution in [3.8, 4) is 0 Å². The average Bonchev–Trinajstić information content (AvgIpc) is 2.72. The standard InChI is InChI=1S/C12H18O2/c1-4-5-13-9(3)11-6-10-7-12(11)14-8(10)2/h4,8,10-12H,1,3,5-7H2,2H3. The maximum absolute atomic E-state index is 5.81. The predicted molar refractivity (Wildman–Crippen MR) is 55.8 cm³/mol. The third kappa shape index (κ3) is 1.59. The molecule has 0 radical (unpaired) electrons. The van der Waals surface area contributed by atoms with Crippen LogP contribution in [0.3, 0.4) is 0 Å². The second-order valence-electron chi connectivity index (χ2n) is 4.28. The molecule has 4 atom stereocenters. The topological polar surface area (TPSA) is 18.5 Å². The predicted octanol–water partition coefficient (Wildman–Crippen LogP) is 2.52. The Morgan fingerprint density at radius 2 is 2.36 bits per heavy atom. The molecule has 0 N–H and O–H groups in total. The molecule has 1 saturated carbocycles. The summed E-state index contributed by atoms with van der Waals surface area (Å²) in [5.74, 6) is 2.01. The third-order valence-corrected chi connectivity index (χ3v) is 3.39. The lowest BCUT2D eigenvalue weighted by molar-refractivity contribution is -0.0232. The maximum atomic E-state index is 5.81. The van der Waals surface area contributed by atoms with Crippen LogP contribution in [-0.4, -0.2) is 18.8 Å². The molecule has 0 aromatic carbocycles. The van der Waals surface area contributed by atoms with E-state index in [4.69, 9.17) is 9.47 Å². The fraction of sp³-hybridized carbons (Fsp3) is 0.667. The molecule has 2 rings (SSSR count). The highest BCUT2D eigenvalue weighted by molar-refractivity contribution is 5.05. The monoisotopic (exact) mass is 194 g/mol. The molecule has 0 aromatic rings. The van der Waals surface area contributed by atoms with Crippen LogP contribution in [0.1, 0.15) is 19.8 Å². The minimum absolute atomic E-state index is 0.354. The molecule has 0 aromatic heterocycles. The lowest BCUT2D eigenvalue weighted by Crippen LogP contribution is -2.27. The second kappa shape index (κ2) is 3.77. The molecular weight excluding hydrogens is 176 g/mol. The molecule has 2 heteroatoms. The van der Waals surface area contributed by atoms with Crippen molar-refractivity contribution in [1.82, 2.24) is 0 Å². The van der Waals surface area contributed by atoms with Gasteiger partial charge in [0.25, 0.3) is 0 Å². The summed E-state index contributed by atoms with van der Waals surface area (Å²) in [4.78, 5) is 0. The molecule has 2 fully saturated rings. The number of fused-ring (bicyclic) bond motifs is 2. The van der Waals surface area contributed by atoms with Gasteiger partial charge in [-0.3, -0.25) is 0 Å². The Balaban J connectivity index is 1.89. The lowest BCUT2D eigenvalue weighted by atomic mass is 9.97. The third-order valence-electron chi connectivity index (χ3n) is 3.39. The van der Waals surface area contributed by atoms with E-state index in [-0.39, 0.29) is 0 Å². The molecule has 1 aliphatic heterocycles. The highest BCUT2D eigenvalue weighted by atomic mass is 16.5. The van der Waals surface area contributed by atoms with Crippen molar-refractivity contribution >= 4 is 0 Å². The quantitative estimate of drug-likeness (QED) is 0.505. The van der Waals surface area contributed by atoms with Crippen molar-refractivity contribution < 1.29 is 9.47 Å². The number of ether oxygens (including phenoxy) is 2. The van der Waals surface area contributed by atoms with Crippen LogP contribution in [-0.2, 0) is 9.47 Å². The molecule has 1 heterocycles. The SMILES string of the molecule is C=CCOC(=C)C1CC2CC1OC2C. The Labute approximate surface area is 85.6 Å². The fourth-order valence-electron chi connectivity index (χ4n) is 2.57. The van der Waals surface area contributed by atoms with Gasteiger partial charge >= 0.3 is 0 Å². The van der Waals surface area contributed by atoms with Gasteiger partial charge in [0.05, 0.1) is 18.0 Å². The smallest absolute Gasteiger partial charge is 0.106 e. The van der Waals surface area contributed by atoms with Crippen molar-refractivity contribution in [1.29, 1.82) is 0 Å². The Morgan fingerprint density at radius 3 is 2.86 bits per heavy atom. The molecule has 2 aliphatic rings. The van der Waals surface area contributed by atoms with Crippen LogP contribution in [0.4, 0.5) is 0 Å². The molecule has 1 saturated heterocycles. The largest absolute Gasteiger partial charge is 0.494 e. The Hall–Kier alpha value is -0.760. The van der Waals surface area contributed by atoms with Gasteiger partial charge in [0.1, 0.15) is 6.61 Å². The molecule has 0 spiro atoms. The van der Waals surface area contributed by atoms with Crippen LogP contribution in [0.15, 0.2) is 25.0 Å². The highest BCUT2D eigenvalue weighted by Gasteiger charge is 2.46. The zero-order valence-electron chi connectivity index (χ0n) is 8.74. The van der Waals surface area contributed by atoms with Gasteiger partial charge in [-0.15, -0.1) is 0 Å². The molecule has 4 unspecified atom stereocenters. The first-order valence-corrected chi connectivity index (χ1v) is 5.30. The molecule has 1 aliphatic carbocycles. The van der Waals surface area contributed by atoms with Gasteiger partial charge in [0, 0.05) is 5.92 Å². The fourth-order valence-corrected chi connectivity index (χ4v) is 2.57. The molecule has 2 nitrogen and oxygen atoms in total. The van der Waals surface area contributed by atoms with Crippen LogP contribution in [0.2, 0.25) is 0 Å². The Bertz CT molecular complexity index is 245. The van der Waals surface area contributed by atoms with E-state index in [1.807, 2.05) is 0 Å². The van der Waals surface area contributed by atoms with Gasteiger partial charge < -0.3 is 9.47 Å². The first-order chi connectivity index (χ1) is 6.72. The van der Waals surface area contributed by atoms with E-state index in [2.05, 4.69) is 20.1 Å². The summed E-state index contributed by atoms with van der Waals surface area (Å²) in [6, 6.07) is 0. The van der Waals surface area contributed by atoms with Crippen molar-refractivity contribution in [2.24, 2.45) is 11.8 Å². The highest BCUT2D eigenvalue weighted by Crippen LogP contribution is 2.46. The Kier molecular flexibility index (Phi) is 2.64. The molecule has 78 valence electrons. The van der Waals surface area contributed by atoms with E-state index in [1.165, 1.54) is 12.8 Å². The van der Waals surface area contributed by atoms with E-state index >= 15 is 0 Å².